The molecule has 0 aliphatic carbocycles. The van der Waals surface area contributed by atoms with Crippen molar-refractivity contribution in [3.8, 4) is 0 Å². The molecule has 0 aliphatic heterocycles. The van der Waals surface area contributed by atoms with Crippen LogP contribution in [0.5, 0.6) is 0 Å². The Labute approximate surface area is 99.2 Å². The maximum atomic E-state index is 4.47. The smallest absolute Gasteiger partial charge is 0.0628 e. The van der Waals surface area contributed by atoms with Gasteiger partial charge < -0.3 is 5.32 Å². The second kappa shape index (κ2) is 6.04. The van der Waals surface area contributed by atoms with Crippen molar-refractivity contribution >= 4 is 0 Å². The zero-order chi connectivity index (χ0) is 12.1. The van der Waals surface area contributed by atoms with Crippen molar-refractivity contribution in [2.45, 2.75) is 53.0 Å². The Morgan fingerprint density at radius 2 is 2.00 bits per heavy atom. The molecule has 0 bridgehead atoms. The van der Waals surface area contributed by atoms with Crippen LogP contribution < -0.4 is 5.32 Å². The lowest BCUT2D eigenvalue weighted by atomic mass is 10.0. The summed E-state index contributed by atoms with van der Waals surface area (Å²) >= 11 is 0. The molecule has 92 valence electrons. The van der Waals surface area contributed by atoms with Crippen LogP contribution >= 0.6 is 0 Å². The second-order valence-corrected chi connectivity index (χ2v) is 4.52. The SMILES string of the molecule is CCCC(Cc1c(C)nn(C)c1C)NCC. The molecular weight excluding hydrogens is 198 g/mol. The number of hydrogen-bond acceptors (Lipinski definition) is 2. The first-order valence-corrected chi connectivity index (χ1v) is 6.32. The first-order valence-electron chi connectivity index (χ1n) is 6.32. The van der Waals surface area contributed by atoms with E-state index in [1.807, 2.05) is 11.7 Å². The Bertz CT molecular complexity index is 322. The van der Waals surface area contributed by atoms with E-state index < -0.39 is 0 Å². The van der Waals surface area contributed by atoms with Gasteiger partial charge >= 0.3 is 0 Å². The summed E-state index contributed by atoms with van der Waals surface area (Å²) in [5.41, 5.74) is 3.90. The Balaban J connectivity index is 2.76. The third-order valence-corrected chi connectivity index (χ3v) is 3.24. The second-order valence-electron chi connectivity index (χ2n) is 4.52. The summed E-state index contributed by atoms with van der Waals surface area (Å²) in [5.74, 6) is 0. The zero-order valence-corrected chi connectivity index (χ0v) is 11.3. The van der Waals surface area contributed by atoms with E-state index in [4.69, 9.17) is 0 Å². The van der Waals surface area contributed by atoms with Crippen LogP contribution in [0.25, 0.3) is 0 Å². The van der Waals surface area contributed by atoms with Crippen molar-refractivity contribution in [2.75, 3.05) is 6.54 Å². The lowest BCUT2D eigenvalue weighted by molar-refractivity contribution is 0.484. The molecule has 1 aromatic heterocycles. The van der Waals surface area contributed by atoms with E-state index in [-0.39, 0.29) is 0 Å². The van der Waals surface area contributed by atoms with E-state index in [0.717, 1.165) is 13.0 Å². The van der Waals surface area contributed by atoms with Gasteiger partial charge in [0.25, 0.3) is 0 Å². The lowest BCUT2D eigenvalue weighted by Crippen LogP contribution is -2.31. The lowest BCUT2D eigenvalue weighted by Gasteiger charge is -2.17. The van der Waals surface area contributed by atoms with Crippen LogP contribution in [0.15, 0.2) is 0 Å². The van der Waals surface area contributed by atoms with Crippen LogP contribution in [-0.4, -0.2) is 22.4 Å². The third kappa shape index (κ3) is 3.08. The molecular formula is C13H25N3. The molecule has 16 heavy (non-hydrogen) atoms. The molecule has 1 N–H and O–H groups in total. The van der Waals surface area contributed by atoms with Gasteiger partial charge in [-0.15, -0.1) is 0 Å². The number of aryl methyl sites for hydroxylation is 2. The van der Waals surface area contributed by atoms with Crippen LogP contribution in [0, 0.1) is 13.8 Å². The van der Waals surface area contributed by atoms with Crippen LogP contribution in [-0.2, 0) is 13.5 Å². The molecule has 1 rings (SSSR count). The van der Waals surface area contributed by atoms with Crippen molar-refractivity contribution in [3.05, 3.63) is 17.0 Å². The summed E-state index contributed by atoms with van der Waals surface area (Å²) in [6.07, 6.45) is 3.57. The van der Waals surface area contributed by atoms with Gasteiger partial charge in [-0.1, -0.05) is 20.3 Å². The standard InChI is InChI=1S/C13H25N3/c1-6-8-12(14-7-2)9-13-10(3)15-16(5)11(13)4/h12,14H,6-9H2,1-5H3. The first kappa shape index (κ1) is 13.2. The number of rotatable bonds is 6. The Morgan fingerprint density at radius 1 is 1.31 bits per heavy atom. The van der Waals surface area contributed by atoms with Gasteiger partial charge in [-0.2, -0.15) is 5.10 Å². The van der Waals surface area contributed by atoms with Crippen LogP contribution in [0.3, 0.4) is 0 Å². The van der Waals surface area contributed by atoms with Gasteiger partial charge in [-0.3, -0.25) is 4.68 Å². The topological polar surface area (TPSA) is 29.9 Å². The summed E-state index contributed by atoms with van der Waals surface area (Å²) in [6.45, 7) is 9.73. The Kier molecular flexibility index (Phi) is 5.00. The quantitative estimate of drug-likeness (QED) is 0.802. The van der Waals surface area contributed by atoms with E-state index in [1.54, 1.807) is 0 Å². The van der Waals surface area contributed by atoms with Crippen molar-refractivity contribution in [3.63, 3.8) is 0 Å². The monoisotopic (exact) mass is 223 g/mol. The molecule has 0 aromatic carbocycles. The van der Waals surface area contributed by atoms with Crippen molar-refractivity contribution < 1.29 is 0 Å². The summed E-state index contributed by atoms with van der Waals surface area (Å²) in [4.78, 5) is 0. The Hall–Kier alpha value is -0.830. The predicted octanol–water partition coefficient (Wildman–Crippen LogP) is 2.36. The summed E-state index contributed by atoms with van der Waals surface area (Å²) < 4.78 is 1.99. The minimum Gasteiger partial charge on any atom is -0.314 e. The van der Waals surface area contributed by atoms with E-state index >= 15 is 0 Å². The highest BCUT2D eigenvalue weighted by atomic mass is 15.3. The van der Waals surface area contributed by atoms with Crippen LogP contribution in [0.4, 0.5) is 0 Å². The minimum absolute atomic E-state index is 0.594. The molecule has 0 aliphatic rings. The average molecular weight is 223 g/mol. The van der Waals surface area contributed by atoms with E-state index in [1.165, 1.54) is 29.8 Å². The van der Waals surface area contributed by atoms with Gasteiger partial charge in [0.05, 0.1) is 5.69 Å². The average Bonchev–Trinajstić information content (AvgIpc) is 2.46. The highest BCUT2D eigenvalue weighted by Gasteiger charge is 2.14. The molecule has 1 atom stereocenters. The summed E-state index contributed by atoms with van der Waals surface area (Å²) in [6, 6.07) is 0.594. The van der Waals surface area contributed by atoms with Crippen LogP contribution in [0.1, 0.15) is 43.6 Å². The fraction of sp³-hybridized carbons (Fsp3) is 0.769. The van der Waals surface area contributed by atoms with E-state index in [9.17, 15) is 0 Å². The molecule has 1 aromatic rings. The molecule has 0 radical (unpaired) electrons. The normalized spacial score (nSPS) is 13.1. The fourth-order valence-corrected chi connectivity index (χ4v) is 2.27. The van der Waals surface area contributed by atoms with E-state index in [0.29, 0.717) is 6.04 Å². The minimum atomic E-state index is 0.594. The van der Waals surface area contributed by atoms with Crippen molar-refractivity contribution in [2.24, 2.45) is 7.05 Å². The highest BCUT2D eigenvalue weighted by molar-refractivity contribution is 5.25. The van der Waals surface area contributed by atoms with Gasteiger partial charge in [0, 0.05) is 18.8 Å². The molecule has 1 unspecified atom stereocenters. The zero-order valence-electron chi connectivity index (χ0n) is 11.3. The summed E-state index contributed by atoms with van der Waals surface area (Å²) in [5, 5.41) is 8.03. The number of likely N-dealkylation sites (N-methyl/N-ethyl adjacent to an activating group) is 1. The molecule has 3 nitrogen and oxygen atoms in total. The first-order chi connectivity index (χ1) is 7.60. The summed E-state index contributed by atoms with van der Waals surface area (Å²) in [7, 11) is 2.02. The third-order valence-electron chi connectivity index (χ3n) is 3.24. The maximum Gasteiger partial charge on any atom is 0.0628 e. The van der Waals surface area contributed by atoms with E-state index in [2.05, 4.69) is 38.1 Å². The number of hydrogen-bond donors (Lipinski definition) is 1. The number of nitrogens with one attached hydrogen (secondary N) is 1. The largest absolute Gasteiger partial charge is 0.314 e. The molecule has 0 spiro atoms. The molecule has 0 amide bonds. The van der Waals surface area contributed by atoms with Crippen LogP contribution in [0.2, 0.25) is 0 Å². The Morgan fingerprint density at radius 3 is 2.44 bits per heavy atom. The molecule has 3 heteroatoms. The van der Waals surface area contributed by atoms with Gasteiger partial charge in [0.1, 0.15) is 0 Å². The predicted molar refractivity (Wildman–Crippen MR) is 68.8 cm³/mol. The number of aromatic nitrogens is 2. The fourth-order valence-electron chi connectivity index (χ4n) is 2.27. The van der Waals surface area contributed by atoms with Crippen molar-refractivity contribution in [1.29, 1.82) is 0 Å². The molecule has 0 saturated carbocycles. The maximum absolute atomic E-state index is 4.47. The van der Waals surface area contributed by atoms with Gasteiger partial charge in [0.15, 0.2) is 0 Å². The van der Waals surface area contributed by atoms with Crippen molar-refractivity contribution in [1.82, 2.24) is 15.1 Å². The number of nitrogens with zero attached hydrogens (tertiary/aromatic N) is 2. The highest BCUT2D eigenvalue weighted by Crippen LogP contribution is 2.15. The van der Waals surface area contributed by atoms with Gasteiger partial charge in [-0.25, -0.2) is 0 Å². The van der Waals surface area contributed by atoms with Gasteiger partial charge in [-0.05, 0) is 38.8 Å². The molecule has 0 saturated heterocycles. The molecule has 1 heterocycles. The molecule has 0 fully saturated rings. The van der Waals surface area contributed by atoms with Gasteiger partial charge in [0.2, 0.25) is 0 Å².